The van der Waals surface area contributed by atoms with Gasteiger partial charge in [-0.25, -0.2) is 0 Å². The SMILES string of the molecule is CC/C=C\C/C=C\C/C=C\CCCCCC(=O)NC(COP(=O)([O-])OCC[N+](C)(C)C)C(O)C(O)CCC/C=C/CC/C=C/CCCCC. The number of carbonyl (C=O) groups is 1. The minimum absolute atomic E-state index is 0.0578. The molecular formula is C39H71N2O7P. The molecular weight excluding hydrogens is 639 g/mol. The van der Waals surface area contributed by atoms with Crippen LogP contribution in [0.3, 0.4) is 0 Å². The molecule has 0 aliphatic rings. The predicted octanol–water partition coefficient (Wildman–Crippen LogP) is 7.85. The number of aliphatic hydroxyl groups is 2. The van der Waals surface area contributed by atoms with Crippen molar-refractivity contribution in [3.63, 3.8) is 0 Å². The number of unbranched alkanes of at least 4 members (excludes halogenated alkanes) is 8. The van der Waals surface area contributed by atoms with Crippen molar-refractivity contribution in [2.45, 2.75) is 141 Å². The first-order chi connectivity index (χ1) is 23.4. The minimum atomic E-state index is -4.68. The highest BCUT2D eigenvalue weighted by Gasteiger charge is 2.29. The van der Waals surface area contributed by atoms with Gasteiger partial charge in [0.2, 0.25) is 5.91 Å². The molecule has 0 aliphatic carbocycles. The molecule has 0 aromatic heterocycles. The summed E-state index contributed by atoms with van der Waals surface area (Å²) < 4.78 is 23.0. The van der Waals surface area contributed by atoms with E-state index < -0.39 is 32.7 Å². The van der Waals surface area contributed by atoms with E-state index >= 15 is 0 Å². The fourth-order valence-electron chi connectivity index (χ4n) is 4.75. The van der Waals surface area contributed by atoms with Crippen LogP contribution in [0.1, 0.15) is 123 Å². The van der Waals surface area contributed by atoms with Gasteiger partial charge >= 0.3 is 0 Å². The van der Waals surface area contributed by atoms with Crippen molar-refractivity contribution in [2.75, 3.05) is 40.9 Å². The van der Waals surface area contributed by atoms with Crippen molar-refractivity contribution in [3.05, 3.63) is 60.8 Å². The van der Waals surface area contributed by atoms with Crippen LogP contribution >= 0.6 is 7.82 Å². The first-order valence-corrected chi connectivity index (χ1v) is 20.2. The minimum Gasteiger partial charge on any atom is -0.756 e. The topological polar surface area (TPSA) is 128 Å². The molecule has 0 aliphatic heterocycles. The Hall–Kier alpha value is -1.84. The molecule has 0 aromatic rings. The maximum Gasteiger partial charge on any atom is 0.268 e. The lowest BCUT2D eigenvalue weighted by atomic mass is 10.0. The molecule has 1 amide bonds. The molecule has 4 unspecified atom stereocenters. The summed E-state index contributed by atoms with van der Waals surface area (Å²) in [6.07, 6.45) is 34.1. The smallest absolute Gasteiger partial charge is 0.268 e. The lowest BCUT2D eigenvalue weighted by molar-refractivity contribution is -0.870. The largest absolute Gasteiger partial charge is 0.756 e. The van der Waals surface area contributed by atoms with Crippen LogP contribution in [0.25, 0.3) is 0 Å². The highest BCUT2D eigenvalue weighted by molar-refractivity contribution is 7.45. The first kappa shape index (κ1) is 47.2. The highest BCUT2D eigenvalue weighted by atomic mass is 31.2. The number of carbonyl (C=O) groups excluding carboxylic acids is 1. The molecule has 0 fully saturated rings. The Labute approximate surface area is 299 Å². The fourth-order valence-corrected chi connectivity index (χ4v) is 5.47. The average Bonchev–Trinajstić information content (AvgIpc) is 3.04. The van der Waals surface area contributed by atoms with Gasteiger partial charge in [0.1, 0.15) is 19.3 Å². The van der Waals surface area contributed by atoms with Gasteiger partial charge in [-0.3, -0.25) is 9.36 Å². The second-order valence-corrected chi connectivity index (χ2v) is 15.1. The van der Waals surface area contributed by atoms with E-state index in [0.29, 0.717) is 30.3 Å². The lowest BCUT2D eigenvalue weighted by Crippen LogP contribution is -2.51. The number of hydrogen-bond acceptors (Lipinski definition) is 7. The summed E-state index contributed by atoms with van der Waals surface area (Å²) in [5.74, 6) is -0.327. The van der Waals surface area contributed by atoms with Gasteiger partial charge in [0.05, 0.1) is 39.9 Å². The van der Waals surface area contributed by atoms with Crippen LogP contribution in [0, 0.1) is 0 Å². The molecule has 0 spiro atoms. The third-order valence-corrected chi connectivity index (χ3v) is 8.77. The molecule has 0 saturated heterocycles. The zero-order valence-corrected chi connectivity index (χ0v) is 32.4. The van der Waals surface area contributed by atoms with Crippen LogP contribution in [-0.2, 0) is 18.4 Å². The Kier molecular flexibility index (Phi) is 29.8. The molecule has 0 bridgehead atoms. The van der Waals surface area contributed by atoms with Crippen molar-refractivity contribution in [3.8, 4) is 0 Å². The molecule has 0 saturated carbocycles. The van der Waals surface area contributed by atoms with E-state index in [9.17, 15) is 24.5 Å². The molecule has 0 heterocycles. The van der Waals surface area contributed by atoms with Gasteiger partial charge in [0, 0.05) is 6.42 Å². The van der Waals surface area contributed by atoms with E-state index in [2.05, 4.69) is 79.9 Å². The Morgan fingerprint density at radius 1 is 0.755 bits per heavy atom. The third-order valence-electron chi connectivity index (χ3n) is 7.81. The molecule has 10 heteroatoms. The summed E-state index contributed by atoms with van der Waals surface area (Å²) >= 11 is 0. The number of nitrogens with zero attached hydrogens (tertiary/aromatic N) is 1. The number of hydrogen-bond donors (Lipinski definition) is 3. The third kappa shape index (κ3) is 31.9. The first-order valence-electron chi connectivity index (χ1n) is 18.7. The number of amides is 1. The molecule has 284 valence electrons. The van der Waals surface area contributed by atoms with E-state index in [0.717, 1.165) is 64.2 Å². The van der Waals surface area contributed by atoms with E-state index in [-0.39, 0.29) is 18.9 Å². The van der Waals surface area contributed by atoms with Crippen molar-refractivity contribution in [2.24, 2.45) is 0 Å². The number of nitrogens with one attached hydrogen (secondary N) is 1. The second-order valence-electron chi connectivity index (χ2n) is 13.7. The van der Waals surface area contributed by atoms with Crippen LogP contribution in [0.5, 0.6) is 0 Å². The summed E-state index contributed by atoms with van der Waals surface area (Å²) in [6, 6.07) is -1.11. The molecule has 0 aromatic carbocycles. The van der Waals surface area contributed by atoms with Crippen LogP contribution in [0.2, 0.25) is 0 Å². The maximum atomic E-state index is 12.8. The zero-order valence-electron chi connectivity index (χ0n) is 31.5. The number of phosphoric acid groups is 1. The zero-order chi connectivity index (χ0) is 36.6. The van der Waals surface area contributed by atoms with Gasteiger partial charge in [-0.05, 0) is 83.5 Å². The summed E-state index contributed by atoms with van der Waals surface area (Å²) in [5, 5.41) is 24.4. The van der Waals surface area contributed by atoms with Gasteiger partial charge in [-0.1, -0.05) is 93.9 Å². The molecule has 9 nitrogen and oxygen atoms in total. The predicted molar refractivity (Wildman–Crippen MR) is 202 cm³/mol. The summed E-state index contributed by atoms with van der Waals surface area (Å²) in [6.45, 7) is 4.19. The molecule has 49 heavy (non-hydrogen) atoms. The molecule has 3 N–H and O–H groups in total. The van der Waals surface area contributed by atoms with Crippen LogP contribution in [0.4, 0.5) is 0 Å². The van der Waals surface area contributed by atoms with Gasteiger partial charge in [-0.15, -0.1) is 0 Å². The number of likely N-dealkylation sites (N-methyl/N-ethyl adjacent to an activating group) is 1. The second kappa shape index (κ2) is 30.9. The van der Waals surface area contributed by atoms with Crippen LogP contribution in [-0.4, -0.2) is 79.8 Å². The summed E-state index contributed by atoms with van der Waals surface area (Å²) in [4.78, 5) is 25.2. The fraction of sp³-hybridized carbons (Fsp3) is 0.718. The highest BCUT2D eigenvalue weighted by Crippen LogP contribution is 2.38. The maximum absolute atomic E-state index is 12.8. The number of aliphatic hydroxyl groups excluding tert-OH is 2. The molecule has 4 atom stereocenters. The normalized spacial score (nSPS) is 16.0. The van der Waals surface area contributed by atoms with Crippen molar-refractivity contribution in [1.29, 1.82) is 0 Å². The van der Waals surface area contributed by atoms with E-state index in [1.54, 1.807) is 0 Å². The summed E-state index contributed by atoms with van der Waals surface area (Å²) in [7, 11) is 1.06. The number of phosphoric ester groups is 1. The summed E-state index contributed by atoms with van der Waals surface area (Å²) in [5.41, 5.74) is 0. The quantitative estimate of drug-likeness (QED) is 0.0281. The van der Waals surface area contributed by atoms with E-state index in [1.165, 1.54) is 19.3 Å². The Balaban J connectivity index is 4.78. The molecule has 0 radical (unpaired) electrons. The average molecular weight is 711 g/mol. The van der Waals surface area contributed by atoms with Gasteiger partial charge in [0.15, 0.2) is 0 Å². The van der Waals surface area contributed by atoms with Crippen LogP contribution < -0.4 is 10.2 Å². The van der Waals surface area contributed by atoms with Crippen molar-refractivity contribution >= 4 is 13.7 Å². The van der Waals surface area contributed by atoms with Crippen LogP contribution in [0.15, 0.2) is 60.8 Å². The number of quaternary nitrogens is 1. The Bertz CT molecular complexity index is 1000. The molecule has 0 rings (SSSR count). The monoisotopic (exact) mass is 710 g/mol. The Morgan fingerprint density at radius 2 is 1.31 bits per heavy atom. The van der Waals surface area contributed by atoms with Gasteiger partial charge in [-0.2, -0.15) is 0 Å². The lowest BCUT2D eigenvalue weighted by Gasteiger charge is -2.31. The van der Waals surface area contributed by atoms with Crippen molar-refractivity contribution in [1.82, 2.24) is 5.32 Å². The van der Waals surface area contributed by atoms with Gasteiger partial charge in [0.25, 0.3) is 7.82 Å². The van der Waals surface area contributed by atoms with E-state index in [1.807, 2.05) is 21.1 Å². The van der Waals surface area contributed by atoms with Gasteiger partial charge < -0.3 is 34.0 Å². The number of rotatable bonds is 32. The number of allylic oxidation sites excluding steroid dienone is 10. The standard InChI is InChI=1S/C39H71N2O7P/c1-6-8-10-12-14-16-18-20-22-24-26-28-30-32-38(43)40-36(35-48-49(45,46)47-34-33-41(3,4)5)39(44)37(42)31-29-27-25-23-21-19-17-15-13-11-9-7-2/h8,10,14-17,20,22-23,25,36-37,39,42,44H,6-7,9,11-13,18-19,21,24,26-35H2,1-5H3,(H-,40,43,45,46)/b10-8-,16-14-,17-15+,22-20-,25-23+. The van der Waals surface area contributed by atoms with E-state index in [4.69, 9.17) is 9.05 Å². The van der Waals surface area contributed by atoms with Crippen molar-refractivity contribution < 1.29 is 38.0 Å². The Morgan fingerprint density at radius 3 is 1.92 bits per heavy atom.